The van der Waals surface area contributed by atoms with Crippen molar-refractivity contribution in [3.63, 3.8) is 0 Å². The Morgan fingerprint density at radius 2 is 1.83 bits per heavy atom. The Hall–Kier alpha value is -2.61. The van der Waals surface area contributed by atoms with Gasteiger partial charge in [-0.1, -0.05) is 0 Å². The summed E-state index contributed by atoms with van der Waals surface area (Å²) in [5.74, 6) is -7.08. The highest BCUT2D eigenvalue weighted by molar-refractivity contribution is 7.21. The zero-order valence-electron chi connectivity index (χ0n) is 12.0. The van der Waals surface area contributed by atoms with Crippen LogP contribution in [0.4, 0.5) is 17.6 Å². The summed E-state index contributed by atoms with van der Waals surface area (Å²) in [5, 5.41) is 9.55. The molecule has 8 heteroatoms. The number of aromatic carboxylic acids is 1. The van der Waals surface area contributed by atoms with E-state index in [4.69, 9.17) is 0 Å². The average molecular weight is 356 g/mol. The molecule has 0 aliphatic heterocycles. The largest absolute Gasteiger partial charge is 0.491 e. The van der Waals surface area contributed by atoms with E-state index >= 15 is 0 Å². The molecule has 0 saturated carbocycles. The summed E-state index contributed by atoms with van der Waals surface area (Å²) in [7, 11) is 0.962. The molecule has 24 heavy (non-hydrogen) atoms. The van der Waals surface area contributed by atoms with E-state index in [0.29, 0.717) is 17.4 Å². The van der Waals surface area contributed by atoms with Crippen LogP contribution in [0.2, 0.25) is 0 Å². The lowest BCUT2D eigenvalue weighted by molar-refractivity contribution is 0.0703. The maximum atomic E-state index is 14.5. The van der Waals surface area contributed by atoms with Crippen LogP contribution in [0.5, 0.6) is 5.75 Å². The minimum Gasteiger partial charge on any atom is -0.491 e. The Bertz CT molecular complexity index is 981. The highest BCUT2D eigenvalue weighted by Gasteiger charge is 2.27. The van der Waals surface area contributed by atoms with Gasteiger partial charge in [0, 0.05) is 21.2 Å². The average Bonchev–Trinajstić information content (AvgIpc) is 2.90. The molecule has 0 amide bonds. The zero-order valence-corrected chi connectivity index (χ0v) is 12.8. The molecule has 0 atom stereocenters. The SMILES string of the molecule is COc1c(F)c(F)cc(-c2c(C(=O)O)sc3cc(F)ccc23)c1F. The predicted molar refractivity (Wildman–Crippen MR) is 80.6 cm³/mol. The molecule has 0 fully saturated rings. The lowest BCUT2D eigenvalue weighted by Crippen LogP contribution is -2.01. The van der Waals surface area contributed by atoms with Crippen molar-refractivity contribution in [1.29, 1.82) is 0 Å². The van der Waals surface area contributed by atoms with Crippen LogP contribution in [0.15, 0.2) is 24.3 Å². The van der Waals surface area contributed by atoms with E-state index in [1.165, 1.54) is 6.07 Å². The number of carboxylic acid groups (broad SMARTS) is 1. The first kappa shape index (κ1) is 16.3. The molecule has 0 aliphatic rings. The van der Waals surface area contributed by atoms with Gasteiger partial charge in [-0.2, -0.15) is 4.39 Å². The Labute approximate surface area is 136 Å². The van der Waals surface area contributed by atoms with Gasteiger partial charge >= 0.3 is 5.97 Å². The van der Waals surface area contributed by atoms with E-state index in [2.05, 4.69) is 4.74 Å². The maximum Gasteiger partial charge on any atom is 0.346 e. The maximum absolute atomic E-state index is 14.5. The van der Waals surface area contributed by atoms with E-state index in [1.807, 2.05) is 0 Å². The van der Waals surface area contributed by atoms with E-state index in [9.17, 15) is 27.5 Å². The summed E-state index contributed by atoms with van der Waals surface area (Å²) in [4.78, 5) is 11.1. The number of ether oxygens (including phenoxy) is 1. The van der Waals surface area contributed by atoms with Crippen LogP contribution in [0, 0.1) is 23.3 Å². The molecule has 2 aromatic carbocycles. The van der Waals surface area contributed by atoms with Crippen molar-refractivity contribution < 1.29 is 32.2 Å². The summed E-state index contributed by atoms with van der Waals surface area (Å²) in [6.45, 7) is 0. The molecule has 0 radical (unpaired) electrons. The fourth-order valence-corrected chi connectivity index (χ4v) is 3.51. The molecule has 0 spiro atoms. The second-order valence-corrected chi connectivity index (χ2v) is 5.87. The number of carbonyl (C=O) groups is 1. The summed E-state index contributed by atoms with van der Waals surface area (Å²) in [6.07, 6.45) is 0. The highest BCUT2D eigenvalue weighted by Crippen LogP contribution is 2.42. The van der Waals surface area contributed by atoms with Gasteiger partial charge in [-0.3, -0.25) is 0 Å². The monoisotopic (exact) mass is 356 g/mol. The molecule has 3 nitrogen and oxygen atoms in total. The molecule has 1 aromatic heterocycles. The number of fused-ring (bicyclic) bond motifs is 1. The lowest BCUT2D eigenvalue weighted by atomic mass is 10.0. The number of rotatable bonds is 3. The quantitative estimate of drug-likeness (QED) is 0.540. The van der Waals surface area contributed by atoms with Gasteiger partial charge in [0.2, 0.25) is 5.82 Å². The first-order chi connectivity index (χ1) is 11.3. The Morgan fingerprint density at radius 1 is 1.12 bits per heavy atom. The molecule has 0 unspecified atom stereocenters. The standard InChI is InChI=1S/C16H8F4O3S/c1-23-14-12(19)8(5-9(18)13(14)20)11-7-3-2-6(17)4-10(7)24-15(11)16(21)22/h2-5H,1H3,(H,21,22). The summed E-state index contributed by atoms with van der Waals surface area (Å²) < 4.78 is 60.0. The first-order valence-corrected chi connectivity index (χ1v) is 7.34. The van der Waals surface area contributed by atoms with Crippen LogP contribution < -0.4 is 4.74 Å². The summed E-state index contributed by atoms with van der Waals surface area (Å²) in [5.41, 5.74) is -0.627. The lowest BCUT2D eigenvalue weighted by Gasteiger charge is -2.10. The molecule has 1 heterocycles. The van der Waals surface area contributed by atoms with Gasteiger partial charge in [-0.05, 0) is 24.3 Å². The molecule has 3 rings (SSSR count). The number of benzene rings is 2. The van der Waals surface area contributed by atoms with Crippen molar-refractivity contribution >= 4 is 27.4 Å². The highest BCUT2D eigenvalue weighted by atomic mass is 32.1. The minimum absolute atomic E-state index is 0.155. The minimum atomic E-state index is -1.51. The van der Waals surface area contributed by atoms with Crippen molar-refractivity contribution in [1.82, 2.24) is 0 Å². The van der Waals surface area contributed by atoms with Gasteiger partial charge in [0.25, 0.3) is 0 Å². The molecule has 3 aromatic rings. The molecule has 0 saturated heterocycles. The second-order valence-electron chi connectivity index (χ2n) is 4.82. The third kappa shape index (κ3) is 2.39. The fraction of sp³-hybridized carbons (Fsp3) is 0.0625. The van der Waals surface area contributed by atoms with Gasteiger partial charge in [-0.15, -0.1) is 11.3 Å². The topological polar surface area (TPSA) is 46.5 Å². The predicted octanol–water partition coefficient (Wildman–Crippen LogP) is 4.83. The van der Waals surface area contributed by atoms with Gasteiger partial charge < -0.3 is 9.84 Å². The third-order valence-electron chi connectivity index (χ3n) is 3.44. The number of hydrogen-bond donors (Lipinski definition) is 1. The van der Waals surface area contributed by atoms with E-state index in [1.54, 1.807) is 0 Å². The summed E-state index contributed by atoms with van der Waals surface area (Å²) in [6, 6.07) is 3.98. The number of methoxy groups -OCH3 is 1. The number of hydrogen-bond acceptors (Lipinski definition) is 3. The molecule has 1 N–H and O–H groups in total. The van der Waals surface area contributed by atoms with Crippen molar-refractivity contribution in [2.45, 2.75) is 0 Å². The van der Waals surface area contributed by atoms with Crippen molar-refractivity contribution in [2.24, 2.45) is 0 Å². The van der Waals surface area contributed by atoms with Gasteiger partial charge in [0.05, 0.1) is 7.11 Å². The molecule has 0 bridgehead atoms. The Kier molecular flexibility index (Phi) is 3.92. The zero-order chi connectivity index (χ0) is 17.6. The molecular weight excluding hydrogens is 348 g/mol. The number of carboxylic acids is 1. The van der Waals surface area contributed by atoms with Crippen LogP contribution in [0.1, 0.15) is 9.67 Å². The van der Waals surface area contributed by atoms with Gasteiger partial charge in [0.15, 0.2) is 17.4 Å². The van der Waals surface area contributed by atoms with Crippen LogP contribution in [0.3, 0.4) is 0 Å². The smallest absolute Gasteiger partial charge is 0.346 e. The second kappa shape index (κ2) is 5.79. The van der Waals surface area contributed by atoms with Crippen LogP contribution in [-0.2, 0) is 0 Å². The molecule has 0 aliphatic carbocycles. The van der Waals surface area contributed by atoms with Crippen molar-refractivity contribution in [3.05, 3.63) is 52.4 Å². The third-order valence-corrected chi connectivity index (χ3v) is 4.58. The number of halogens is 4. The van der Waals surface area contributed by atoms with Gasteiger partial charge in [0.1, 0.15) is 10.7 Å². The Balaban J connectivity index is 2.44. The normalized spacial score (nSPS) is 11.0. The van der Waals surface area contributed by atoms with E-state index in [-0.39, 0.29) is 20.5 Å². The molecular formula is C16H8F4O3S. The first-order valence-electron chi connectivity index (χ1n) is 6.52. The van der Waals surface area contributed by atoms with Crippen molar-refractivity contribution in [2.75, 3.05) is 7.11 Å². The van der Waals surface area contributed by atoms with Crippen LogP contribution in [-0.4, -0.2) is 18.2 Å². The van der Waals surface area contributed by atoms with Crippen molar-refractivity contribution in [3.8, 4) is 16.9 Å². The van der Waals surface area contributed by atoms with E-state index in [0.717, 1.165) is 19.2 Å². The Morgan fingerprint density at radius 3 is 2.46 bits per heavy atom. The van der Waals surface area contributed by atoms with E-state index < -0.39 is 40.6 Å². The summed E-state index contributed by atoms with van der Waals surface area (Å²) >= 11 is 0.710. The van der Waals surface area contributed by atoms with Crippen LogP contribution >= 0.6 is 11.3 Å². The number of thiophene rings is 1. The molecule has 124 valence electrons. The fourth-order valence-electron chi connectivity index (χ4n) is 2.43. The van der Waals surface area contributed by atoms with Gasteiger partial charge in [-0.25, -0.2) is 18.0 Å². The van der Waals surface area contributed by atoms with Crippen LogP contribution in [0.25, 0.3) is 21.2 Å².